The van der Waals surface area contributed by atoms with Crippen molar-refractivity contribution in [2.45, 2.75) is 82.3 Å². The maximum Gasteiger partial charge on any atom is 0.289 e. The van der Waals surface area contributed by atoms with Crippen LogP contribution in [-0.2, 0) is 19.2 Å². The van der Waals surface area contributed by atoms with Crippen LogP contribution in [0.2, 0.25) is 0 Å². The van der Waals surface area contributed by atoms with Gasteiger partial charge >= 0.3 is 0 Å². The summed E-state index contributed by atoms with van der Waals surface area (Å²) in [5.74, 6) is -2.25. The maximum atomic E-state index is 13.8. The highest BCUT2D eigenvalue weighted by atomic mass is 32.1. The van der Waals surface area contributed by atoms with Gasteiger partial charge in [-0.15, -0.1) is 11.3 Å². The molecule has 38 heavy (non-hydrogen) atoms. The van der Waals surface area contributed by atoms with Crippen LogP contribution >= 0.6 is 11.3 Å². The highest BCUT2D eigenvalue weighted by Crippen LogP contribution is 2.55. The zero-order chi connectivity index (χ0) is 26.4. The number of rotatable bonds is 8. The third-order valence-electron chi connectivity index (χ3n) is 8.76. The minimum Gasteiger partial charge on any atom is -0.347 e. The average Bonchev–Trinajstić information content (AvgIpc) is 3.80. The number of piperidine rings is 1. The molecule has 3 atom stereocenters. The van der Waals surface area contributed by atoms with Crippen LogP contribution in [0.4, 0.5) is 0 Å². The predicted molar refractivity (Wildman–Crippen MR) is 143 cm³/mol. The third kappa shape index (κ3) is 5.13. The molecule has 200 valence electrons. The number of carbonyl (C=O) groups excluding carboxylic acids is 5. The molecule has 3 amide bonds. The molecule has 2 aromatic rings. The number of likely N-dealkylation sites (tertiary alicyclic amines) is 1. The van der Waals surface area contributed by atoms with Gasteiger partial charge in [-0.05, 0) is 80.7 Å². The third-order valence-corrected chi connectivity index (χ3v) is 9.87. The molecular weight excluding hydrogens is 502 g/mol. The van der Waals surface area contributed by atoms with E-state index in [1.165, 1.54) is 11.3 Å². The molecule has 4 fully saturated rings. The Morgan fingerprint density at radius 3 is 2.55 bits per heavy atom. The lowest BCUT2D eigenvalue weighted by Gasteiger charge is -2.39. The number of amides is 3. The van der Waals surface area contributed by atoms with Gasteiger partial charge in [-0.25, -0.2) is 0 Å². The normalized spacial score (nSPS) is 24.8. The summed E-state index contributed by atoms with van der Waals surface area (Å²) in [6.07, 6.45) is 7.17. The number of Topliss-reactive ketones (excluding diaryl/α,β-unsaturated/α-hetero) is 2. The van der Waals surface area contributed by atoms with Crippen LogP contribution < -0.4 is 10.6 Å². The molecule has 2 N–H and O–H groups in total. The maximum absolute atomic E-state index is 13.8. The van der Waals surface area contributed by atoms with E-state index < -0.39 is 29.7 Å². The summed E-state index contributed by atoms with van der Waals surface area (Å²) >= 11 is 1.42. The smallest absolute Gasteiger partial charge is 0.289 e. The largest absolute Gasteiger partial charge is 0.347 e. The van der Waals surface area contributed by atoms with Gasteiger partial charge in [0.25, 0.3) is 11.8 Å². The fraction of sp³-hybridized carbons (Fsp3) is 0.552. The average molecular weight is 536 g/mol. The second kappa shape index (κ2) is 9.91. The van der Waals surface area contributed by atoms with Crippen LogP contribution in [0, 0.1) is 11.3 Å². The Kier molecular flexibility index (Phi) is 6.58. The number of benzene rings is 1. The van der Waals surface area contributed by atoms with E-state index >= 15 is 0 Å². The molecule has 1 saturated heterocycles. The Balaban J connectivity index is 1.23. The fourth-order valence-corrected chi connectivity index (χ4v) is 7.06. The summed E-state index contributed by atoms with van der Waals surface area (Å²) in [7, 11) is 0. The molecule has 1 aliphatic heterocycles. The standard InChI is InChI=1S/C29H33N3O5S/c33-22-6-3-5-17(22)14-20(25(34)27(36)30-19-8-9-19)31-26(35)21-16-29(10-11-29)12-13-32(21)28(37)24-15-18-4-1-2-7-23(18)38-24/h1-2,4,7,15,17,19-21H,3,5-6,8-14,16H2,(H,30,36)(H,31,35). The van der Waals surface area contributed by atoms with Crippen molar-refractivity contribution in [3.8, 4) is 0 Å². The first kappa shape index (κ1) is 25.2. The van der Waals surface area contributed by atoms with Crippen molar-refractivity contribution in [2.24, 2.45) is 11.3 Å². The first-order chi connectivity index (χ1) is 18.3. The molecule has 0 bridgehead atoms. The highest BCUT2D eigenvalue weighted by Gasteiger charge is 2.51. The molecule has 6 rings (SSSR count). The monoisotopic (exact) mass is 535 g/mol. The molecule has 3 aliphatic carbocycles. The molecule has 3 saturated carbocycles. The van der Waals surface area contributed by atoms with Crippen molar-refractivity contribution in [1.29, 1.82) is 0 Å². The molecule has 1 aromatic carbocycles. The lowest BCUT2D eigenvalue weighted by molar-refractivity contribution is -0.141. The van der Waals surface area contributed by atoms with E-state index in [4.69, 9.17) is 0 Å². The zero-order valence-corrected chi connectivity index (χ0v) is 22.2. The SMILES string of the molecule is O=C(NC1CC1)C(=O)C(CC1CCCC1=O)NC(=O)C1CC2(CCN1C(=O)c1cc3ccccc3s1)CC2. The summed E-state index contributed by atoms with van der Waals surface area (Å²) < 4.78 is 1.01. The minimum absolute atomic E-state index is 0.0124. The number of carbonyl (C=O) groups is 5. The van der Waals surface area contributed by atoms with E-state index in [0.717, 1.165) is 48.6 Å². The van der Waals surface area contributed by atoms with Crippen molar-refractivity contribution < 1.29 is 24.0 Å². The fourth-order valence-electron chi connectivity index (χ4n) is 6.04. The van der Waals surface area contributed by atoms with E-state index in [9.17, 15) is 24.0 Å². The Hall–Kier alpha value is -3.07. The van der Waals surface area contributed by atoms with Crippen molar-refractivity contribution in [3.63, 3.8) is 0 Å². The Bertz CT molecular complexity index is 1280. The van der Waals surface area contributed by atoms with Crippen molar-refractivity contribution >= 4 is 50.7 Å². The van der Waals surface area contributed by atoms with E-state index in [1.54, 1.807) is 4.90 Å². The first-order valence-corrected chi connectivity index (χ1v) is 14.6. The minimum atomic E-state index is -1.08. The summed E-state index contributed by atoms with van der Waals surface area (Å²) in [6, 6.07) is 7.91. The van der Waals surface area contributed by atoms with E-state index in [2.05, 4.69) is 10.6 Å². The van der Waals surface area contributed by atoms with Crippen LogP contribution in [0.3, 0.4) is 0 Å². The summed E-state index contributed by atoms with van der Waals surface area (Å²) in [5.41, 5.74) is 0.0726. The van der Waals surface area contributed by atoms with Crippen LogP contribution in [0.15, 0.2) is 30.3 Å². The van der Waals surface area contributed by atoms with Gasteiger partial charge in [-0.3, -0.25) is 24.0 Å². The molecule has 1 aromatic heterocycles. The van der Waals surface area contributed by atoms with Gasteiger partial charge in [-0.2, -0.15) is 0 Å². The molecular formula is C29H33N3O5S. The van der Waals surface area contributed by atoms with Crippen LogP contribution in [0.5, 0.6) is 0 Å². The Morgan fingerprint density at radius 1 is 1.08 bits per heavy atom. The molecule has 8 nitrogen and oxygen atoms in total. The summed E-state index contributed by atoms with van der Waals surface area (Å²) in [6.45, 7) is 0.479. The van der Waals surface area contributed by atoms with E-state index in [0.29, 0.717) is 30.7 Å². The molecule has 3 unspecified atom stereocenters. The molecule has 1 spiro atoms. The number of hydrogen-bond acceptors (Lipinski definition) is 6. The second-order valence-electron chi connectivity index (χ2n) is 11.6. The van der Waals surface area contributed by atoms with E-state index in [1.807, 2.05) is 30.3 Å². The van der Waals surface area contributed by atoms with Gasteiger partial charge in [0.15, 0.2) is 0 Å². The molecule has 2 heterocycles. The predicted octanol–water partition coefficient (Wildman–Crippen LogP) is 3.38. The number of hydrogen-bond donors (Lipinski definition) is 2. The summed E-state index contributed by atoms with van der Waals surface area (Å²) in [4.78, 5) is 67.9. The molecule has 0 radical (unpaired) electrons. The lowest BCUT2D eigenvalue weighted by atomic mass is 9.86. The Labute approximate surface area is 225 Å². The quantitative estimate of drug-likeness (QED) is 0.504. The van der Waals surface area contributed by atoms with Gasteiger partial charge in [0.1, 0.15) is 11.8 Å². The van der Waals surface area contributed by atoms with Crippen LogP contribution in [0.1, 0.15) is 73.9 Å². The van der Waals surface area contributed by atoms with Crippen LogP contribution in [0.25, 0.3) is 10.1 Å². The topological polar surface area (TPSA) is 113 Å². The van der Waals surface area contributed by atoms with Crippen molar-refractivity contribution in [3.05, 3.63) is 35.2 Å². The van der Waals surface area contributed by atoms with Gasteiger partial charge in [-0.1, -0.05) is 18.2 Å². The van der Waals surface area contributed by atoms with E-state index in [-0.39, 0.29) is 35.5 Å². The first-order valence-electron chi connectivity index (χ1n) is 13.8. The number of nitrogens with one attached hydrogen (secondary N) is 2. The second-order valence-corrected chi connectivity index (χ2v) is 12.7. The van der Waals surface area contributed by atoms with Gasteiger partial charge < -0.3 is 15.5 Å². The van der Waals surface area contributed by atoms with Crippen molar-refractivity contribution in [1.82, 2.24) is 15.5 Å². The molecule has 9 heteroatoms. The van der Waals surface area contributed by atoms with Gasteiger partial charge in [0.2, 0.25) is 11.7 Å². The number of fused-ring (bicyclic) bond motifs is 1. The zero-order valence-electron chi connectivity index (χ0n) is 21.4. The van der Waals surface area contributed by atoms with Gasteiger partial charge in [0, 0.05) is 29.6 Å². The Morgan fingerprint density at radius 2 is 1.87 bits per heavy atom. The number of thiophene rings is 1. The number of ketones is 2. The van der Waals surface area contributed by atoms with Gasteiger partial charge in [0.05, 0.1) is 10.9 Å². The number of nitrogens with zero attached hydrogens (tertiary/aromatic N) is 1. The van der Waals surface area contributed by atoms with Crippen LogP contribution in [-0.4, -0.2) is 58.9 Å². The summed E-state index contributed by atoms with van der Waals surface area (Å²) in [5, 5.41) is 6.56. The highest BCUT2D eigenvalue weighted by molar-refractivity contribution is 7.20. The van der Waals surface area contributed by atoms with Crippen molar-refractivity contribution in [2.75, 3.05) is 6.54 Å². The lowest BCUT2D eigenvalue weighted by Crippen LogP contribution is -2.58. The molecule has 4 aliphatic rings.